The molecule has 0 amide bonds. The minimum absolute atomic E-state index is 0.0109. The third kappa shape index (κ3) is 4.78. The number of aryl methyl sites for hydroxylation is 1. The van der Waals surface area contributed by atoms with Gasteiger partial charge in [0.05, 0.1) is 5.75 Å². The normalized spacial score (nSPS) is 14.4. The van der Waals surface area contributed by atoms with Crippen LogP contribution in [0.25, 0.3) is 0 Å². The number of oxime groups is 1. The second-order valence-electron chi connectivity index (χ2n) is 4.59. The molecule has 3 N–H and O–H groups in total. The van der Waals surface area contributed by atoms with Crippen LogP contribution in [0.2, 0.25) is 0 Å². The van der Waals surface area contributed by atoms with Crippen molar-refractivity contribution in [3.8, 4) is 0 Å². The van der Waals surface area contributed by atoms with Crippen molar-refractivity contribution < 1.29 is 13.6 Å². The number of amidine groups is 1. The molecule has 1 unspecified atom stereocenters. The van der Waals surface area contributed by atoms with Gasteiger partial charge in [-0.3, -0.25) is 4.98 Å². The predicted octanol–water partition coefficient (Wildman–Crippen LogP) is 0.268. The molecule has 7 nitrogen and oxygen atoms in total. The fourth-order valence-electron chi connectivity index (χ4n) is 1.63. The zero-order valence-electron chi connectivity index (χ0n) is 11.6. The van der Waals surface area contributed by atoms with Crippen molar-refractivity contribution in [2.24, 2.45) is 16.8 Å². The van der Waals surface area contributed by atoms with Crippen LogP contribution in [0, 0.1) is 5.92 Å². The lowest BCUT2D eigenvalue weighted by Gasteiger charge is -2.20. The van der Waals surface area contributed by atoms with Gasteiger partial charge in [0.25, 0.3) is 0 Å². The number of hydrogen-bond acceptors (Lipinski definition) is 5. The van der Waals surface area contributed by atoms with Crippen molar-refractivity contribution in [1.82, 2.24) is 9.29 Å². The van der Waals surface area contributed by atoms with Crippen LogP contribution in [0.3, 0.4) is 0 Å². The van der Waals surface area contributed by atoms with E-state index in [-0.39, 0.29) is 24.1 Å². The Morgan fingerprint density at radius 2 is 2.25 bits per heavy atom. The first kappa shape index (κ1) is 16.4. The van der Waals surface area contributed by atoms with E-state index < -0.39 is 10.0 Å². The molecular weight excluding hydrogens is 280 g/mol. The second kappa shape index (κ2) is 7.20. The Labute approximate surface area is 119 Å². The largest absolute Gasteiger partial charge is 0.409 e. The van der Waals surface area contributed by atoms with Crippen molar-refractivity contribution in [2.75, 3.05) is 19.3 Å². The first-order chi connectivity index (χ1) is 9.36. The highest BCUT2D eigenvalue weighted by atomic mass is 32.2. The lowest BCUT2D eigenvalue weighted by molar-refractivity contribution is 0.312. The third-order valence-corrected chi connectivity index (χ3v) is 4.79. The molecule has 0 aromatic carbocycles. The van der Waals surface area contributed by atoms with Crippen LogP contribution >= 0.6 is 0 Å². The molecule has 20 heavy (non-hydrogen) atoms. The number of rotatable bonds is 7. The van der Waals surface area contributed by atoms with Gasteiger partial charge in [-0.1, -0.05) is 18.1 Å². The van der Waals surface area contributed by atoms with Gasteiger partial charge in [-0.25, -0.2) is 12.7 Å². The molecule has 1 aromatic heterocycles. The Kier molecular flexibility index (Phi) is 5.90. The van der Waals surface area contributed by atoms with E-state index in [4.69, 9.17) is 10.9 Å². The number of nitrogens with zero attached hydrogens (tertiary/aromatic N) is 3. The van der Waals surface area contributed by atoms with E-state index in [1.54, 1.807) is 25.3 Å². The zero-order chi connectivity index (χ0) is 15.2. The molecule has 0 spiro atoms. The summed E-state index contributed by atoms with van der Waals surface area (Å²) < 4.78 is 25.4. The SMILES string of the molecule is CC(CN(C)S(=O)(=O)CCc1ccccn1)C(N)=NO. The summed E-state index contributed by atoms with van der Waals surface area (Å²) in [5, 5.41) is 11.4. The van der Waals surface area contributed by atoms with Crippen molar-refractivity contribution in [1.29, 1.82) is 0 Å². The predicted molar refractivity (Wildman–Crippen MR) is 76.9 cm³/mol. The van der Waals surface area contributed by atoms with Crippen molar-refractivity contribution in [3.63, 3.8) is 0 Å². The molecule has 0 fully saturated rings. The highest BCUT2D eigenvalue weighted by molar-refractivity contribution is 7.89. The Hall–Kier alpha value is -1.67. The van der Waals surface area contributed by atoms with E-state index in [0.717, 1.165) is 5.69 Å². The number of pyridine rings is 1. The molecule has 0 aliphatic heterocycles. The van der Waals surface area contributed by atoms with E-state index in [0.29, 0.717) is 6.42 Å². The number of sulfonamides is 1. The lowest BCUT2D eigenvalue weighted by Crippen LogP contribution is -2.37. The quantitative estimate of drug-likeness (QED) is 0.325. The molecule has 1 aromatic rings. The van der Waals surface area contributed by atoms with Gasteiger partial charge in [-0.2, -0.15) is 0 Å². The Balaban J connectivity index is 2.60. The first-order valence-corrected chi connectivity index (χ1v) is 7.79. The highest BCUT2D eigenvalue weighted by Gasteiger charge is 2.21. The van der Waals surface area contributed by atoms with Gasteiger partial charge in [0.1, 0.15) is 5.84 Å². The van der Waals surface area contributed by atoms with Crippen LogP contribution < -0.4 is 5.73 Å². The summed E-state index contributed by atoms with van der Waals surface area (Å²) in [6.45, 7) is 1.86. The van der Waals surface area contributed by atoms with Crippen molar-refractivity contribution >= 4 is 15.9 Å². The number of hydrogen-bond donors (Lipinski definition) is 2. The lowest BCUT2D eigenvalue weighted by atomic mass is 10.2. The van der Waals surface area contributed by atoms with E-state index in [1.165, 1.54) is 11.4 Å². The summed E-state index contributed by atoms with van der Waals surface area (Å²) >= 11 is 0. The van der Waals surface area contributed by atoms with Crippen molar-refractivity contribution in [3.05, 3.63) is 30.1 Å². The summed E-state index contributed by atoms with van der Waals surface area (Å²) in [6, 6.07) is 5.39. The monoisotopic (exact) mass is 300 g/mol. The molecule has 0 bridgehead atoms. The van der Waals surface area contributed by atoms with Gasteiger partial charge in [0.2, 0.25) is 10.0 Å². The van der Waals surface area contributed by atoms with Gasteiger partial charge < -0.3 is 10.9 Å². The Bertz CT molecular complexity index is 545. The fourth-order valence-corrected chi connectivity index (χ4v) is 2.86. The van der Waals surface area contributed by atoms with E-state index >= 15 is 0 Å². The molecule has 0 saturated heterocycles. The van der Waals surface area contributed by atoms with Gasteiger partial charge >= 0.3 is 0 Å². The average Bonchev–Trinajstić information content (AvgIpc) is 2.45. The van der Waals surface area contributed by atoms with Gasteiger partial charge in [-0.15, -0.1) is 0 Å². The molecule has 0 aliphatic rings. The standard InChI is InChI=1S/C12H20N4O3S/c1-10(12(13)15-17)9-16(2)20(18,19)8-6-11-5-3-4-7-14-11/h3-5,7,10,17H,6,8-9H2,1-2H3,(H2,13,15). The molecule has 8 heteroatoms. The van der Waals surface area contributed by atoms with E-state index in [1.807, 2.05) is 6.07 Å². The summed E-state index contributed by atoms with van der Waals surface area (Å²) in [5.41, 5.74) is 6.17. The first-order valence-electron chi connectivity index (χ1n) is 6.18. The molecule has 112 valence electrons. The molecular formula is C12H20N4O3S. The topological polar surface area (TPSA) is 109 Å². The minimum Gasteiger partial charge on any atom is -0.409 e. The smallest absolute Gasteiger partial charge is 0.214 e. The van der Waals surface area contributed by atoms with Crippen LogP contribution in [0.15, 0.2) is 29.6 Å². The fraction of sp³-hybridized carbons (Fsp3) is 0.500. The maximum Gasteiger partial charge on any atom is 0.214 e. The maximum absolute atomic E-state index is 12.1. The summed E-state index contributed by atoms with van der Waals surface area (Å²) in [5.74, 6) is -0.366. The molecule has 1 heterocycles. The van der Waals surface area contributed by atoms with Crippen LogP contribution in [0.4, 0.5) is 0 Å². The van der Waals surface area contributed by atoms with Gasteiger partial charge in [0, 0.05) is 37.8 Å². The summed E-state index contributed by atoms with van der Waals surface area (Å²) in [4.78, 5) is 4.09. The Morgan fingerprint density at radius 3 is 2.80 bits per heavy atom. The maximum atomic E-state index is 12.1. The van der Waals surface area contributed by atoms with Crippen LogP contribution in [0.5, 0.6) is 0 Å². The van der Waals surface area contributed by atoms with Gasteiger partial charge in [-0.05, 0) is 12.1 Å². The molecule has 0 radical (unpaired) electrons. The average molecular weight is 300 g/mol. The molecule has 1 rings (SSSR count). The van der Waals surface area contributed by atoms with Crippen LogP contribution in [-0.2, 0) is 16.4 Å². The second-order valence-corrected chi connectivity index (χ2v) is 6.79. The highest BCUT2D eigenvalue weighted by Crippen LogP contribution is 2.07. The molecule has 1 atom stereocenters. The number of nitrogens with two attached hydrogens (primary N) is 1. The van der Waals surface area contributed by atoms with Crippen molar-refractivity contribution in [2.45, 2.75) is 13.3 Å². The van der Waals surface area contributed by atoms with E-state index in [9.17, 15) is 8.42 Å². The Morgan fingerprint density at radius 1 is 1.55 bits per heavy atom. The molecule has 0 saturated carbocycles. The molecule has 0 aliphatic carbocycles. The third-order valence-electron chi connectivity index (χ3n) is 2.97. The number of aromatic nitrogens is 1. The summed E-state index contributed by atoms with van der Waals surface area (Å²) in [6.07, 6.45) is 1.98. The van der Waals surface area contributed by atoms with Gasteiger partial charge in [0.15, 0.2) is 0 Å². The van der Waals surface area contributed by atoms with Crippen LogP contribution in [0.1, 0.15) is 12.6 Å². The summed E-state index contributed by atoms with van der Waals surface area (Å²) in [7, 11) is -1.91. The minimum atomic E-state index is -3.39. The van der Waals surface area contributed by atoms with Crippen LogP contribution in [-0.4, -0.2) is 48.1 Å². The van der Waals surface area contributed by atoms with E-state index in [2.05, 4.69) is 10.1 Å². The zero-order valence-corrected chi connectivity index (χ0v) is 12.4.